The molecule has 8 heteroatoms. The van der Waals surface area contributed by atoms with Crippen LogP contribution >= 0.6 is 11.3 Å². The number of nitro groups is 1. The van der Waals surface area contributed by atoms with E-state index in [1.54, 1.807) is 6.92 Å². The first-order valence-electron chi connectivity index (χ1n) is 8.54. The molecular formula is C20H19N3O4S. The van der Waals surface area contributed by atoms with Crippen LogP contribution in [0.15, 0.2) is 41.8 Å². The maximum absolute atomic E-state index is 12.1. The minimum atomic E-state index is -0.457. The van der Waals surface area contributed by atoms with Gasteiger partial charge in [-0.15, -0.1) is 11.3 Å². The van der Waals surface area contributed by atoms with Gasteiger partial charge in [0.25, 0.3) is 11.6 Å². The Morgan fingerprint density at radius 3 is 2.61 bits per heavy atom. The molecule has 0 aliphatic carbocycles. The Bertz CT molecular complexity index is 1050. The van der Waals surface area contributed by atoms with E-state index >= 15 is 0 Å². The summed E-state index contributed by atoms with van der Waals surface area (Å²) in [6, 6.07) is 10.5. The second-order valence-electron chi connectivity index (χ2n) is 6.38. The quantitative estimate of drug-likeness (QED) is 0.482. The van der Waals surface area contributed by atoms with E-state index in [1.807, 2.05) is 24.4 Å². The highest BCUT2D eigenvalue weighted by molar-refractivity contribution is 7.14. The number of nitro benzene ring substituents is 1. The van der Waals surface area contributed by atoms with Gasteiger partial charge in [0.2, 0.25) is 0 Å². The van der Waals surface area contributed by atoms with E-state index in [0.29, 0.717) is 16.4 Å². The molecule has 0 aliphatic heterocycles. The van der Waals surface area contributed by atoms with Crippen LogP contribution in [0.3, 0.4) is 0 Å². The lowest BCUT2D eigenvalue weighted by atomic mass is 10.1. The van der Waals surface area contributed by atoms with Crippen molar-refractivity contribution in [3.05, 3.63) is 68.6 Å². The van der Waals surface area contributed by atoms with Crippen molar-refractivity contribution in [2.75, 3.05) is 11.9 Å². The topological polar surface area (TPSA) is 94.4 Å². The van der Waals surface area contributed by atoms with Crippen LogP contribution in [0.1, 0.15) is 16.7 Å². The standard InChI is InChI=1S/C20H19N3O4S/c1-12-4-5-15(8-13(12)2)17-11-28-20(21-17)22-19(24)10-27-16-6-7-18(23(25)26)14(3)9-16/h4-9,11H,10H2,1-3H3,(H,21,22,24). The van der Waals surface area contributed by atoms with Gasteiger partial charge in [-0.3, -0.25) is 20.2 Å². The van der Waals surface area contributed by atoms with Crippen molar-refractivity contribution in [2.45, 2.75) is 20.8 Å². The molecule has 1 N–H and O–H groups in total. The summed E-state index contributed by atoms with van der Waals surface area (Å²) in [5.74, 6) is 0.0465. The molecule has 28 heavy (non-hydrogen) atoms. The molecule has 0 aliphatic rings. The van der Waals surface area contributed by atoms with Gasteiger partial charge in [0.15, 0.2) is 11.7 Å². The third kappa shape index (κ3) is 4.52. The fraction of sp³-hybridized carbons (Fsp3) is 0.200. The van der Waals surface area contributed by atoms with Crippen LogP contribution in [-0.4, -0.2) is 22.4 Å². The predicted molar refractivity (Wildman–Crippen MR) is 109 cm³/mol. The molecule has 2 aromatic carbocycles. The number of benzene rings is 2. The molecule has 7 nitrogen and oxygen atoms in total. The lowest BCUT2D eigenvalue weighted by Gasteiger charge is -2.07. The highest BCUT2D eigenvalue weighted by atomic mass is 32.1. The summed E-state index contributed by atoms with van der Waals surface area (Å²) in [6.45, 7) is 5.51. The van der Waals surface area contributed by atoms with Crippen LogP contribution in [0.5, 0.6) is 5.75 Å². The maximum Gasteiger partial charge on any atom is 0.272 e. The van der Waals surface area contributed by atoms with E-state index in [1.165, 1.54) is 40.7 Å². The Labute approximate surface area is 166 Å². The largest absolute Gasteiger partial charge is 0.484 e. The zero-order chi connectivity index (χ0) is 20.3. The first kappa shape index (κ1) is 19.5. The molecule has 144 valence electrons. The fourth-order valence-electron chi connectivity index (χ4n) is 2.59. The average Bonchev–Trinajstić information content (AvgIpc) is 3.10. The lowest BCUT2D eigenvalue weighted by molar-refractivity contribution is -0.385. The first-order valence-corrected chi connectivity index (χ1v) is 9.42. The van der Waals surface area contributed by atoms with Gasteiger partial charge in [-0.1, -0.05) is 12.1 Å². The van der Waals surface area contributed by atoms with E-state index in [9.17, 15) is 14.9 Å². The van der Waals surface area contributed by atoms with E-state index in [-0.39, 0.29) is 18.2 Å². The third-order valence-electron chi connectivity index (χ3n) is 4.29. The van der Waals surface area contributed by atoms with Crippen molar-refractivity contribution in [2.24, 2.45) is 0 Å². The SMILES string of the molecule is Cc1ccc(-c2csc(NC(=O)COc3ccc([N+](=O)[O-])c(C)c3)n2)cc1C. The number of nitrogens with one attached hydrogen (secondary N) is 1. The lowest BCUT2D eigenvalue weighted by Crippen LogP contribution is -2.20. The zero-order valence-electron chi connectivity index (χ0n) is 15.7. The normalized spacial score (nSPS) is 10.5. The van der Waals surface area contributed by atoms with Crippen LogP contribution < -0.4 is 10.1 Å². The number of nitrogens with zero attached hydrogens (tertiary/aromatic N) is 2. The van der Waals surface area contributed by atoms with Gasteiger partial charge in [0.1, 0.15) is 5.75 Å². The highest BCUT2D eigenvalue weighted by Gasteiger charge is 2.13. The minimum absolute atomic E-state index is 0.0125. The molecule has 0 unspecified atom stereocenters. The Morgan fingerprint density at radius 1 is 1.14 bits per heavy atom. The molecule has 0 bridgehead atoms. The molecule has 0 fully saturated rings. The Balaban J connectivity index is 1.60. The minimum Gasteiger partial charge on any atom is -0.484 e. The van der Waals surface area contributed by atoms with Crippen LogP contribution in [0, 0.1) is 30.9 Å². The van der Waals surface area contributed by atoms with Crippen LogP contribution in [0.25, 0.3) is 11.3 Å². The van der Waals surface area contributed by atoms with Crippen molar-refractivity contribution < 1.29 is 14.5 Å². The highest BCUT2D eigenvalue weighted by Crippen LogP contribution is 2.27. The second-order valence-corrected chi connectivity index (χ2v) is 7.24. The molecule has 1 aromatic heterocycles. The first-order chi connectivity index (χ1) is 13.3. The van der Waals surface area contributed by atoms with Crippen molar-refractivity contribution >= 4 is 28.1 Å². The van der Waals surface area contributed by atoms with Crippen LogP contribution in [0.4, 0.5) is 10.8 Å². The summed E-state index contributed by atoms with van der Waals surface area (Å²) >= 11 is 1.34. The number of carbonyl (C=O) groups excluding carboxylic acids is 1. The number of rotatable bonds is 6. The Hall–Kier alpha value is -3.26. The fourth-order valence-corrected chi connectivity index (χ4v) is 3.33. The van der Waals surface area contributed by atoms with Gasteiger partial charge >= 0.3 is 0 Å². The molecule has 0 saturated carbocycles. The number of carbonyl (C=O) groups is 1. The van der Waals surface area contributed by atoms with E-state index < -0.39 is 4.92 Å². The number of thiazole rings is 1. The smallest absolute Gasteiger partial charge is 0.272 e. The summed E-state index contributed by atoms with van der Waals surface area (Å²) in [5, 5.41) is 15.9. The maximum atomic E-state index is 12.1. The van der Waals surface area contributed by atoms with Crippen molar-refractivity contribution in [1.82, 2.24) is 4.98 Å². The number of amides is 1. The number of hydrogen-bond acceptors (Lipinski definition) is 6. The van der Waals surface area contributed by atoms with Gasteiger partial charge in [0.05, 0.1) is 10.6 Å². The summed E-state index contributed by atoms with van der Waals surface area (Å²) in [5.41, 5.74) is 4.68. The van der Waals surface area contributed by atoms with Crippen LogP contribution in [0.2, 0.25) is 0 Å². The zero-order valence-corrected chi connectivity index (χ0v) is 16.5. The molecule has 0 saturated heterocycles. The average molecular weight is 397 g/mol. The van der Waals surface area contributed by atoms with E-state index in [4.69, 9.17) is 4.74 Å². The van der Waals surface area contributed by atoms with E-state index in [2.05, 4.69) is 23.3 Å². The van der Waals surface area contributed by atoms with Crippen molar-refractivity contribution in [3.8, 4) is 17.0 Å². The molecule has 3 aromatic rings. The molecular weight excluding hydrogens is 378 g/mol. The molecule has 1 amide bonds. The predicted octanol–water partition coefficient (Wildman–Crippen LogP) is 4.66. The number of ether oxygens (including phenoxy) is 1. The van der Waals surface area contributed by atoms with Crippen LogP contribution in [-0.2, 0) is 4.79 Å². The third-order valence-corrected chi connectivity index (χ3v) is 5.05. The Morgan fingerprint density at radius 2 is 1.93 bits per heavy atom. The number of aryl methyl sites for hydroxylation is 3. The summed E-state index contributed by atoms with van der Waals surface area (Å²) in [4.78, 5) is 26.9. The van der Waals surface area contributed by atoms with E-state index in [0.717, 1.165) is 11.3 Å². The summed E-state index contributed by atoms with van der Waals surface area (Å²) in [7, 11) is 0. The number of aromatic nitrogens is 1. The van der Waals surface area contributed by atoms with Gasteiger partial charge in [-0.25, -0.2) is 4.98 Å². The molecule has 1 heterocycles. The van der Waals surface area contributed by atoms with Crippen molar-refractivity contribution in [1.29, 1.82) is 0 Å². The molecule has 0 radical (unpaired) electrons. The number of anilines is 1. The monoisotopic (exact) mass is 397 g/mol. The van der Waals surface area contributed by atoms with Gasteiger partial charge in [-0.05, 0) is 50.1 Å². The van der Waals surface area contributed by atoms with Gasteiger partial charge in [0, 0.05) is 22.6 Å². The second kappa shape index (κ2) is 8.18. The van der Waals surface area contributed by atoms with Gasteiger partial charge in [-0.2, -0.15) is 0 Å². The Kier molecular flexibility index (Phi) is 5.70. The molecule has 0 atom stereocenters. The van der Waals surface area contributed by atoms with Gasteiger partial charge < -0.3 is 4.74 Å². The summed E-state index contributed by atoms with van der Waals surface area (Å²) in [6.07, 6.45) is 0. The van der Waals surface area contributed by atoms with Crippen molar-refractivity contribution in [3.63, 3.8) is 0 Å². The summed E-state index contributed by atoms with van der Waals surface area (Å²) < 4.78 is 5.42. The molecule has 0 spiro atoms. The molecule has 3 rings (SSSR count). The number of hydrogen-bond donors (Lipinski definition) is 1.